The third-order valence-electron chi connectivity index (χ3n) is 0.816. The van der Waals surface area contributed by atoms with E-state index in [1.54, 1.807) is 12.1 Å². The quantitative estimate of drug-likeness (QED) is 0.461. The molecule has 1 heterocycles. The van der Waals surface area contributed by atoms with Crippen molar-refractivity contribution in [2.45, 2.75) is 0 Å². The van der Waals surface area contributed by atoms with Crippen LogP contribution in [0.2, 0.25) is 0 Å². The van der Waals surface area contributed by atoms with Gasteiger partial charge in [0, 0.05) is 0 Å². The van der Waals surface area contributed by atoms with Crippen molar-refractivity contribution in [2.24, 2.45) is 0 Å². The number of allylic oxidation sites excluding steroid dienone is 2. The van der Waals surface area contributed by atoms with Gasteiger partial charge in [0.25, 0.3) is 11.5 Å². The summed E-state index contributed by atoms with van der Waals surface area (Å²) in [6.07, 6.45) is 0. The molecule has 0 atom stereocenters. The van der Waals surface area contributed by atoms with Gasteiger partial charge < -0.3 is 9.47 Å². The van der Waals surface area contributed by atoms with Gasteiger partial charge in [0.2, 0.25) is 6.79 Å². The van der Waals surface area contributed by atoms with Gasteiger partial charge >= 0.3 is 0 Å². The Morgan fingerprint density at radius 1 is 1.11 bits per heavy atom. The highest BCUT2D eigenvalue weighted by Gasteiger charge is 2.15. The van der Waals surface area contributed by atoms with Crippen LogP contribution in [-0.4, -0.2) is 6.79 Å². The lowest BCUT2D eigenvalue weighted by Crippen LogP contribution is -1.80. The Bertz CT molecular complexity index is 206. The van der Waals surface area contributed by atoms with Crippen LogP contribution < -0.4 is 0 Å². The molecule has 0 aromatic carbocycles. The molecule has 0 unspecified atom stereocenters. The lowest BCUT2D eigenvalue weighted by molar-refractivity contribution is 0.0792. The van der Waals surface area contributed by atoms with Crippen LogP contribution in [0.1, 0.15) is 0 Å². The highest BCUT2D eigenvalue weighted by molar-refractivity contribution is 5.29. The lowest BCUT2D eigenvalue weighted by atomic mass is 10.4. The van der Waals surface area contributed by atoms with Gasteiger partial charge in [-0.25, -0.2) is 0 Å². The minimum Gasteiger partial charge on any atom is -0.443 e. The summed E-state index contributed by atoms with van der Waals surface area (Å²) in [4.78, 5) is 0. The van der Waals surface area contributed by atoms with E-state index in [-0.39, 0.29) is 18.3 Å². The summed E-state index contributed by atoms with van der Waals surface area (Å²) in [6, 6.07) is 3.35. The fourth-order valence-electron chi connectivity index (χ4n) is 0.445. The van der Waals surface area contributed by atoms with E-state index >= 15 is 0 Å². The third kappa shape index (κ3) is 0.777. The highest BCUT2D eigenvalue weighted by Crippen LogP contribution is 2.13. The van der Waals surface area contributed by atoms with Crippen molar-refractivity contribution in [3.63, 3.8) is 0 Å². The molecule has 0 bridgehead atoms. The Kier molecular flexibility index (Phi) is 1.25. The highest BCUT2D eigenvalue weighted by atomic mass is 16.7. The van der Waals surface area contributed by atoms with E-state index in [0.717, 1.165) is 0 Å². The summed E-state index contributed by atoms with van der Waals surface area (Å²) in [5.74, 6) is -0.0602. The van der Waals surface area contributed by atoms with E-state index in [1.165, 1.54) is 0 Å². The molecular formula is C5H2N2O2. The third-order valence-corrected chi connectivity index (χ3v) is 0.816. The van der Waals surface area contributed by atoms with Gasteiger partial charge in [-0.3, -0.25) is 0 Å². The van der Waals surface area contributed by atoms with Crippen molar-refractivity contribution >= 4 is 0 Å². The normalized spacial score (nSPS) is 15.3. The Labute approximate surface area is 51.5 Å². The Morgan fingerprint density at radius 2 is 1.56 bits per heavy atom. The summed E-state index contributed by atoms with van der Waals surface area (Å²) in [6.45, 7) is -0.0220. The van der Waals surface area contributed by atoms with Crippen molar-refractivity contribution in [2.75, 3.05) is 6.79 Å². The summed E-state index contributed by atoms with van der Waals surface area (Å²) < 4.78 is 9.16. The molecule has 1 aliphatic heterocycles. The maximum atomic E-state index is 8.20. The van der Waals surface area contributed by atoms with Crippen molar-refractivity contribution in [3.05, 3.63) is 11.5 Å². The fraction of sp³-hybridized carbons (Fsp3) is 0.200. The van der Waals surface area contributed by atoms with Gasteiger partial charge in [-0.1, -0.05) is 0 Å². The lowest BCUT2D eigenvalue weighted by Gasteiger charge is -1.85. The molecule has 0 N–H and O–H groups in total. The van der Waals surface area contributed by atoms with E-state index in [2.05, 4.69) is 9.47 Å². The molecule has 4 heteroatoms. The first kappa shape index (κ1) is 5.46. The van der Waals surface area contributed by atoms with E-state index in [0.29, 0.717) is 0 Å². The molecule has 4 nitrogen and oxygen atoms in total. The van der Waals surface area contributed by atoms with Crippen LogP contribution in [0.4, 0.5) is 0 Å². The molecule has 0 aromatic rings. The van der Waals surface area contributed by atoms with Crippen molar-refractivity contribution < 1.29 is 9.47 Å². The molecule has 44 valence electrons. The number of hydrogen-bond acceptors (Lipinski definition) is 4. The number of hydrogen-bond donors (Lipinski definition) is 0. The maximum absolute atomic E-state index is 8.20. The first-order chi connectivity index (χ1) is 4.38. The summed E-state index contributed by atoms with van der Waals surface area (Å²) in [5, 5.41) is 16.4. The fourth-order valence-corrected chi connectivity index (χ4v) is 0.445. The van der Waals surface area contributed by atoms with E-state index in [4.69, 9.17) is 10.5 Å². The van der Waals surface area contributed by atoms with Gasteiger partial charge in [-0.15, -0.1) is 0 Å². The van der Waals surface area contributed by atoms with Crippen LogP contribution in [0, 0.1) is 22.7 Å². The largest absolute Gasteiger partial charge is 0.443 e. The Balaban J connectivity index is 2.90. The maximum Gasteiger partial charge on any atom is 0.254 e. The van der Waals surface area contributed by atoms with Gasteiger partial charge in [0.15, 0.2) is 0 Å². The van der Waals surface area contributed by atoms with Crippen LogP contribution in [0.3, 0.4) is 0 Å². The van der Waals surface area contributed by atoms with Crippen LogP contribution in [0.15, 0.2) is 11.5 Å². The SMILES string of the molecule is N#CC1=C(C#N)OCO1. The number of nitrogens with zero attached hydrogens (tertiary/aromatic N) is 2. The monoisotopic (exact) mass is 122 g/mol. The van der Waals surface area contributed by atoms with Gasteiger partial charge in [0.1, 0.15) is 12.1 Å². The molecule has 0 radical (unpaired) electrons. The van der Waals surface area contributed by atoms with Crippen molar-refractivity contribution in [1.29, 1.82) is 10.5 Å². The van der Waals surface area contributed by atoms with Crippen LogP contribution in [-0.2, 0) is 9.47 Å². The van der Waals surface area contributed by atoms with Crippen molar-refractivity contribution in [1.82, 2.24) is 0 Å². The Hall–Kier alpha value is -1.68. The summed E-state index contributed by atoms with van der Waals surface area (Å²) >= 11 is 0. The smallest absolute Gasteiger partial charge is 0.254 e. The minimum atomic E-state index is -0.0301. The molecule has 1 aliphatic rings. The second-order valence-corrected chi connectivity index (χ2v) is 1.29. The van der Waals surface area contributed by atoms with Gasteiger partial charge in [-0.05, 0) is 0 Å². The molecule has 0 saturated carbocycles. The minimum absolute atomic E-state index is 0.0220. The number of ether oxygens (including phenoxy) is 2. The summed E-state index contributed by atoms with van der Waals surface area (Å²) in [5.41, 5.74) is 0. The van der Waals surface area contributed by atoms with Gasteiger partial charge in [0.05, 0.1) is 0 Å². The second kappa shape index (κ2) is 2.06. The van der Waals surface area contributed by atoms with E-state index in [9.17, 15) is 0 Å². The van der Waals surface area contributed by atoms with E-state index in [1.807, 2.05) is 0 Å². The van der Waals surface area contributed by atoms with Crippen LogP contribution >= 0.6 is 0 Å². The molecule has 0 spiro atoms. The molecule has 0 aromatic heterocycles. The van der Waals surface area contributed by atoms with Crippen LogP contribution in [0.25, 0.3) is 0 Å². The number of nitriles is 2. The second-order valence-electron chi connectivity index (χ2n) is 1.29. The molecule has 0 saturated heterocycles. The standard InChI is InChI=1S/C5H2N2O2/c6-1-4-5(2-7)9-3-8-4/h3H2. The molecule has 9 heavy (non-hydrogen) atoms. The first-order valence-electron chi connectivity index (χ1n) is 2.18. The molecule has 0 aliphatic carbocycles. The molecule has 0 fully saturated rings. The zero-order chi connectivity index (χ0) is 6.69. The number of rotatable bonds is 0. The van der Waals surface area contributed by atoms with E-state index < -0.39 is 0 Å². The zero-order valence-electron chi connectivity index (χ0n) is 4.42. The topological polar surface area (TPSA) is 66.0 Å². The predicted molar refractivity (Wildman–Crippen MR) is 25.3 cm³/mol. The summed E-state index contributed by atoms with van der Waals surface area (Å²) in [7, 11) is 0. The molecule has 1 rings (SSSR count). The first-order valence-corrected chi connectivity index (χ1v) is 2.18. The van der Waals surface area contributed by atoms with Gasteiger partial charge in [-0.2, -0.15) is 10.5 Å². The average molecular weight is 122 g/mol. The predicted octanol–water partition coefficient (Wildman–Crippen LogP) is 0.249. The van der Waals surface area contributed by atoms with Crippen molar-refractivity contribution in [3.8, 4) is 12.1 Å². The van der Waals surface area contributed by atoms with Crippen LogP contribution in [0.5, 0.6) is 0 Å². The zero-order valence-corrected chi connectivity index (χ0v) is 4.42. The Morgan fingerprint density at radius 3 is 1.89 bits per heavy atom. The molecular weight excluding hydrogens is 120 g/mol. The average Bonchev–Trinajstić information content (AvgIpc) is 2.33. The molecule has 0 amide bonds.